The third-order valence-electron chi connectivity index (χ3n) is 3.85. The zero-order valence-corrected chi connectivity index (χ0v) is 12.9. The summed E-state index contributed by atoms with van der Waals surface area (Å²) < 4.78 is 2.99. The molecule has 1 aliphatic rings. The highest BCUT2D eigenvalue weighted by Gasteiger charge is 2.31. The molecule has 3 nitrogen and oxygen atoms in total. The molecule has 0 radical (unpaired) electrons. The molecule has 2 atom stereocenters. The summed E-state index contributed by atoms with van der Waals surface area (Å²) in [5, 5.41) is 0. The molecule has 0 aliphatic carbocycles. The lowest BCUT2D eigenvalue weighted by atomic mass is 9.97. The van der Waals surface area contributed by atoms with Gasteiger partial charge in [-0.15, -0.1) is 0 Å². The van der Waals surface area contributed by atoms with E-state index < -0.39 is 0 Å². The smallest absolute Gasteiger partial charge is 0.270 e. The number of carbonyl (C=O) groups excluding carboxylic acids is 1. The number of aryl methyl sites for hydroxylation is 1. The first-order chi connectivity index (χ1) is 8.54. The van der Waals surface area contributed by atoms with Crippen LogP contribution in [0.3, 0.4) is 0 Å². The lowest BCUT2D eigenvalue weighted by Crippen LogP contribution is -2.48. The second-order valence-corrected chi connectivity index (χ2v) is 6.09. The molecule has 1 saturated heterocycles. The van der Waals surface area contributed by atoms with Gasteiger partial charge in [-0.3, -0.25) is 4.79 Å². The van der Waals surface area contributed by atoms with Crippen LogP contribution in [0.2, 0.25) is 0 Å². The predicted octanol–water partition coefficient (Wildman–Crippen LogP) is 3.67. The van der Waals surface area contributed by atoms with Crippen LogP contribution in [0, 0.1) is 0 Å². The second-order valence-electron chi connectivity index (χ2n) is 5.17. The minimum absolute atomic E-state index is 0.169. The molecule has 2 heterocycles. The van der Waals surface area contributed by atoms with E-state index >= 15 is 0 Å². The van der Waals surface area contributed by atoms with E-state index in [0.29, 0.717) is 12.1 Å². The van der Waals surface area contributed by atoms with Crippen molar-refractivity contribution < 1.29 is 4.79 Å². The molecule has 0 spiro atoms. The van der Waals surface area contributed by atoms with Gasteiger partial charge in [0.05, 0.1) is 0 Å². The van der Waals surface area contributed by atoms with Crippen LogP contribution >= 0.6 is 15.9 Å². The van der Waals surface area contributed by atoms with Gasteiger partial charge in [-0.25, -0.2) is 0 Å². The van der Waals surface area contributed by atoms with Crippen molar-refractivity contribution in [3.05, 3.63) is 22.4 Å². The Labute approximate surface area is 117 Å². The summed E-state index contributed by atoms with van der Waals surface area (Å²) in [6.07, 6.45) is 5.44. The van der Waals surface area contributed by atoms with E-state index in [9.17, 15) is 4.79 Å². The number of halogens is 1. The zero-order chi connectivity index (χ0) is 13.3. The van der Waals surface area contributed by atoms with Crippen molar-refractivity contribution in [3.8, 4) is 0 Å². The fourth-order valence-electron chi connectivity index (χ4n) is 2.87. The van der Waals surface area contributed by atoms with Crippen molar-refractivity contribution >= 4 is 21.8 Å². The summed E-state index contributed by atoms with van der Waals surface area (Å²) >= 11 is 3.45. The highest BCUT2D eigenvalue weighted by atomic mass is 79.9. The summed E-state index contributed by atoms with van der Waals surface area (Å²) in [6, 6.07) is 2.63. The average Bonchev–Trinajstić information content (AvgIpc) is 2.70. The number of piperidine rings is 1. The molecule has 18 heavy (non-hydrogen) atoms. The highest BCUT2D eigenvalue weighted by Crippen LogP contribution is 2.26. The monoisotopic (exact) mass is 312 g/mol. The lowest BCUT2D eigenvalue weighted by Gasteiger charge is -2.39. The van der Waals surface area contributed by atoms with Crippen LogP contribution in [-0.2, 0) is 6.54 Å². The normalized spacial score (nSPS) is 24.3. The van der Waals surface area contributed by atoms with E-state index in [0.717, 1.165) is 29.6 Å². The number of hydrogen-bond donors (Lipinski definition) is 0. The van der Waals surface area contributed by atoms with E-state index in [1.165, 1.54) is 6.42 Å². The van der Waals surface area contributed by atoms with Crippen LogP contribution < -0.4 is 0 Å². The molecule has 100 valence electrons. The van der Waals surface area contributed by atoms with Crippen LogP contribution in [0.15, 0.2) is 16.7 Å². The van der Waals surface area contributed by atoms with Gasteiger partial charge in [0.25, 0.3) is 5.91 Å². The fraction of sp³-hybridized carbons (Fsp3) is 0.643. The van der Waals surface area contributed by atoms with E-state index in [1.807, 2.05) is 16.8 Å². The summed E-state index contributed by atoms with van der Waals surface area (Å²) in [7, 11) is 0. The molecule has 1 amide bonds. The highest BCUT2D eigenvalue weighted by molar-refractivity contribution is 9.10. The molecular weight excluding hydrogens is 292 g/mol. The quantitative estimate of drug-likeness (QED) is 0.818. The molecule has 2 rings (SSSR count). The van der Waals surface area contributed by atoms with Crippen molar-refractivity contribution in [1.29, 1.82) is 0 Å². The van der Waals surface area contributed by atoms with Crippen LogP contribution in [0.4, 0.5) is 0 Å². The molecule has 0 aromatic carbocycles. The van der Waals surface area contributed by atoms with E-state index in [4.69, 9.17) is 0 Å². The second kappa shape index (κ2) is 5.47. The predicted molar refractivity (Wildman–Crippen MR) is 76.8 cm³/mol. The Kier molecular flexibility index (Phi) is 4.15. The number of nitrogens with zero attached hydrogens (tertiary/aromatic N) is 2. The van der Waals surface area contributed by atoms with Gasteiger partial charge in [0.2, 0.25) is 0 Å². The fourth-order valence-corrected chi connectivity index (χ4v) is 3.33. The molecule has 1 aromatic rings. The van der Waals surface area contributed by atoms with Gasteiger partial charge in [-0.05, 0) is 62.0 Å². The van der Waals surface area contributed by atoms with Crippen LogP contribution in [0.1, 0.15) is 50.5 Å². The average molecular weight is 313 g/mol. The SMILES string of the molecule is CCn1cc(Br)cc1C(=O)N1C(C)CCCC1C. The maximum absolute atomic E-state index is 12.7. The minimum Gasteiger partial charge on any atom is -0.343 e. The third kappa shape index (κ3) is 2.48. The van der Waals surface area contributed by atoms with Gasteiger partial charge in [-0.1, -0.05) is 0 Å². The van der Waals surface area contributed by atoms with Gasteiger partial charge in [0.1, 0.15) is 5.69 Å². The summed E-state index contributed by atoms with van der Waals surface area (Å²) in [4.78, 5) is 14.8. The Morgan fingerprint density at radius 1 is 1.39 bits per heavy atom. The molecule has 0 bridgehead atoms. The molecule has 1 aromatic heterocycles. The number of hydrogen-bond acceptors (Lipinski definition) is 1. The van der Waals surface area contributed by atoms with Gasteiger partial charge >= 0.3 is 0 Å². The molecule has 0 N–H and O–H groups in total. The van der Waals surface area contributed by atoms with Gasteiger partial charge in [0.15, 0.2) is 0 Å². The molecule has 1 aliphatic heterocycles. The number of likely N-dealkylation sites (tertiary alicyclic amines) is 1. The third-order valence-corrected chi connectivity index (χ3v) is 4.28. The van der Waals surface area contributed by atoms with E-state index in [-0.39, 0.29) is 5.91 Å². The van der Waals surface area contributed by atoms with Crippen molar-refractivity contribution in [2.45, 2.75) is 58.7 Å². The largest absolute Gasteiger partial charge is 0.343 e. The Morgan fingerprint density at radius 3 is 2.56 bits per heavy atom. The Morgan fingerprint density at radius 2 is 2.00 bits per heavy atom. The van der Waals surface area contributed by atoms with Crippen LogP contribution in [0.5, 0.6) is 0 Å². The molecule has 1 fully saturated rings. The Balaban J connectivity index is 2.29. The number of amides is 1. The molecule has 0 saturated carbocycles. The first-order valence-electron chi connectivity index (χ1n) is 6.73. The number of rotatable bonds is 2. The van der Waals surface area contributed by atoms with Crippen LogP contribution in [-0.4, -0.2) is 27.5 Å². The van der Waals surface area contributed by atoms with Gasteiger partial charge in [0, 0.05) is 29.3 Å². The first kappa shape index (κ1) is 13.7. The maximum Gasteiger partial charge on any atom is 0.270 e. The minimum atomic E-state index is 0.169. The van der Waals surface area contributed by atoms with Gasteiger partial charge in [-0.2, -0.15) is 0 Å². The van der Waals surface area contributed by atoms with Crippen LogP contribution in [0.25, 0.3) is 0 Å². The Hall–Kier alpha value is -0.770. The van der Waals surface area contributed by atoms with E-state index in [2.05, 4.69) is 41.6 Å². The van der Waals surface area contributed by atoms with E-state index in [1.54, 1.807) is 0 Å². The van der Waals surface area contributed by atoms with Crippen molar-refractivity contribution in [2.24, 2.45) is 0 Å². The lowest BCUT2D eigenvalue weighted by molar-refractivity contribution is 0.0500. The number of aromatic nitrogens is 1. The maximum atomic E-state index is 12.7. The van der Waals surface area contributed by atoms with Crippen molar-refractivity contribution in [2.75, 3.05) is 0 Å². The molecule has 4 heteroatoms. The summed E-state index contributed by atoms with van der Waals surface area (Å²) in [5.41, 5.74) is 0.796. The summed E-state index contributed by atoms with van der Waals surface area (Å²) in [5.74, 6) is 0.169. The standard InChI is InChI=1S/C14H21BrN2O/c1-4-16-9-12(15)8-13(16)14(18)17-10(2)6-5-7-11(17)3/h8-11H,4-7H2,1-3H3. The first-order valence-corrected chi connectivity index (χ1v) is 7.52. The van der Waals surface area contributed by atoms with Crippen molar-refractivity contribution in [1.82, 2.24) is 9.47 Å². The Bertz CT molecular complexity index is 431. The zero-order valence-electron chi connectivity index (χ0n) is 11.3. The summed E-state index contributed by atoms with van der Waals surface area (Å²) in [6.45, 7) is 7.19. The topological polar surface area (TPSA) is 25.2 Å². The number of carbonyl (C=O) groups is 1. The molecule has 2 unspecified atom stereocenters. The molecular formula is C14H21BrN2O. The van der Waals surface area contributed by atoms with Crippen molar-refractivity contribution in [3.63, 3.8) is 0 Å². The van der Waals surface area contributed by atoms with Gasteiger partial charge < -0.3 is 9.47 Å².